The van der Waals surface area contributed by atoms with Gasteiger partial charge in [0.05, 0.1) is 5.75 Å². The number of aromatic nitrogens is 3. The largest absolute Gasteiger partial charge is 0.306 e. The van der Waals surface area contributed by atoms with Crippen molar-refractivity contribution < 1.29 is 9.59 Å². The topological polar surface area (TPSA) is 88.9 Å². The van der Waals surface area contributed by atoms with Crippen LogP contribution in [0.5, 0.6) is 0 Å². The second-order valence-electron chi connectivity index (χ2n) is 5.66. The predicted octanol–water partition coefficient (Wildman–Crippen LogP) is 2.38. The molecule has 2 amide bonds. The zero-order valence-corrected chi connectivity index (χ0v) is 15.2. The van der Waals surface area contributed by atoms with Crippen LogP contribution in [0, 0.1) is 0 Å². The van der Waals surface area contributed by atoms with E-state index in [4.69, 9.17) is 11.6 Å². The van der Waals surface area contributed by atoms with E-state index in [1.54, 1.807) is 24.3 Å². The average molecular weight is 380 g/mol. The molecule has 0 spiro atoms. The summed E-state index contributed by atoms with van der Waals surface area (Å²) >= 11 is 7.08. The monoisotopic (exact) mass is 379 g/mol. The van der Waals surface area contributed by atoms with Crippen LogP contribution in [0.4, 0.5) is 0 Å². The molecule has 0 saturated heterocycles. The zero-order valence-electron chi connectivity index (χ0n) is 13.7. The molecule has 1 aromatic heterocycles. The Hall–Kier alpha value is -2.06. The van der Waals surface area contributed by atoms with Gasteiger partial charge in [0.1, 0.15) is 5.82 Å². The van der Waals surface area contributed by atoms with E-state index in [9.17, 15) is 9.59 Å². The van der Waals surface area contributed by atoms with Crippen molar-refractivity contribution in [2.24, 2.45) is 0 Å². The summed E-state index contributed by atoms with van der Waals surface area (Å²) in [5, 5.41) is 9.66. The van der Waals surface area contributed by atoms with Crippen molar-refractivity contribution >= 4 is 35.2 Å². The Morgan fingerprint density at radius 3 is 2.60 bits per heavy atom. The first-order chi connectivity index (χ1) is 12.1. The van der Waals surface area contributed by atoms with E-state index in [0.29, 0.717) is 16.5 Å². The lowest BCUT2D eigenvalue weighted by molar-refractivity contribution is -0.119. The second-order valence-corrected chi connectivity index (χ2v) is 7.04. The molecule has 7 nitrogen and oxygen atoms in total. The van der Waals surface area contributed by atoms with Gasteiger partial charge in [-0.25, -0.2) is 0 Å². The molecule has 0 unspecified atom stereocenters. The molecule has 1 fully saturated rings. The molecule has 0 atom stereocenters. The molecule has 2 aromatic rings. The standard InChI is InChI=1S/C16H18ClN5O2S/c1-2-22-14(10-3-4-10)19-21-16(22)25-9-13(23)18-20-15(24)11-5-7-12(17)8-6-11/h5-8,10H,2-4,9H2,1H3,(H,18,23)(H,20,24). The summed E-state index contributed by atoms with van der Waals surface area (Å²) in [5.41, 5.74) is 5.19. The minimum atomic E-state index is -0.400. The van der Waals surface area contributed by atoms with Gasteiger partial charge in [-0.15, -0.1) is 10.2 Å². The Morgan fingerprint density at radius 2 is 1.96 bits per heavy atom. The van der Waals surface area contributed by atoms with E-state index in [1.165, 1.54) is 11.8 Å². The number of hydrogen-bond acceptors (Lipinski definition) is 5. The molecular formula is C16H18ClN5O2S. The Morgan fingerprint density at radius 1 is 1.24 bits per heavy atom. The van der Waals surface area contributed by atoms with E-state index in [0.717, 1.165) is 30.4 Å². The van der Waals surface area contributed by atoms with Crippen LogP contribution >= 0.6 is 23.4 Å². The van der Waals surface area contributed by atoms with Crippen molar-refractivity contribution in [3.05, 3.63) is 40.7 Å². The molecule has 9 heteroatoms. The fourth-order valence-electron chi connectivity index (χ4n) is 2.31. The summed E-state index contributed by atoms with van der Waals surface area (Å²) in [5.74, 6) is 0.938. The van der Waals surface area contributed by atoms with E-state index in [2.05, 4.69) is 21.0 Å². The first kappa shape index (κ1) is 17.8. The fourth-order valence-corrected chi connectivity index (χ4v) is 3.25. The molecule has 1 saturated carbocycles. The molecular weight excluding hydrogens is 362 g/mol. The Bertz CT molecular complexity index is 773. The maximum Gasteiger partial charge on any atom is 0.269 e. The van der Waals surface area contributed by atoms with Gasteiger partial charge in [-0.05, 0) is 44.0 Å². The van der Waals surface area contributed by atoms with Gasteiger partial charge in [-0.2, -0.15) is 0 Å². The van der Waals surface area contributed by atoms with Crippen LogP contribution in [-0.2, 0) is 11.3 Å². The third-order valence-corrected chi connectivity index (χ3v) is 4.98. The molecule has 0 bridgehead atoms. The van der Waals surface area contributed by atoms with Crippen molar-refractivity contribution in [2.45, 2.75) is 37.4 Å². The van der Waals surface area contributed by atoms with Crippen LogP contribution in [0.1, 0.15) is 41.9 Å². The lowest BCUT2D eigenvalue weighted by Gasteiger charge is -2.08. The van der Waals surface area contributed by atoms with Crippen LogP contribution in [0.25, 0.3) is 0 Å². The molecule has 132 valence electrons. The van der Waals surface area contributed by atoms with Crippen molar-refractivity contribution in [3.63, 3.8) is 0 Å². The predicted molar refractivity (Wildman–Crippen MR) is 95.5 cm³/mol. The lowest BCUT2D eigenvalue weighted by atomic mass is 10.2. The van der Waals surface area contributed by atoms with Gasteiger partial charge in [0.15, 0.2) is 5.16 Å². The number of hydrogen-bond donors (Lipinski definition) is 2. The third kappa shape index (κ3) is 4.52. The van der Waals surface area contributed by atoms with Gasteiger partial charge in [-0.3, -0.25) is 20.4 Å². The zero-order chi connectivity index (χ0) is 17.8. The number of nitrogens with zero attached hydrogens (tertiary/aromatic N) is 3. The van der Waals surface area contributed by atoms with Crippen LogP contribution < -0.4 is 10.9 Å². The SMILES string of the molecule is CCn1c(SCC(=O)NNC(=O)c2ccc(Cl)cc2)nnc1C1CC1. The molecule has 0 radical (unpaired) electrons. The van der Waals surface area contributed by atoms with Gasteiger partial charge >= 0.3 is 0 Å². The average Bonchev–Trinajstić information content (AvgIpc) is 3.38. The highest BCUT2D eigenvalue weighted by Gasteiger charge is 2.30. The molecule has 1 aromatic carbocycles. The maximum absolute atomic E-state index is 11.9. The van der Waals surface area contributed by atoms with Crippen molar-refractivity contribution in [2.75, 3.05) is 5.75 Å². The lowest BCUT2D eigenvalue weighted by Crippen LogP contribution is -2.42. The summed E-state index contributed by atoms with van der Waals surface area (Å²) in [6.45, 7) is 2.81. The van der Waals surface area contributed by atoms with Gasteiger partial charge in [0, 0.05) is 23.0 Å². The number of nitrogens with one attached hydrogen (secondary N) is 2. The van der Waals surface area contributed by atoms with Gasteiger partial charge in [0.25, 0.3) is 5.91 Å². The number of rotatable bonds is 6. The number of carbonyl (C=O) groups is 2. The van der Waals surface area contributed by atoms with E-state index < -0.39 is 5.91 Å². The first-order valence-corrected chi connectivity index (χ1v) is 9.35. The minimum absolute atomic E-state index is 0.143. The Balaban J connectivity index is 1.48. The number of thioether (sulfide) groups is 1. The molecule has 1 aliphatic rings. The smallest absolute Gasteiger partial charge is 0.269 e. The summed E-state index contributed by atoms with van der Waals surface area (Å²) < 4.78 is 2.04. The summed E-state index contributed by atoms with van der Waals surface area (Å²) in [6.07, 6.45) is 2.31. The van der Waals surface area contributed by atoms with E-state index >= 15 is 0 Å². The number of benzene rings is 1. The number of halogens is 1. The van der Waals surface area contributed by atoms with Crippen molar-refractivity contribution in [3.8, 4) is 0 Å². The summed E-state index contributed by atoms with van der Waals surface area (Å²) in [7, 11) is 0. The summed E-state index contributed by atoms with van der Waals surface area (Å²) in [4.78, 5) is 23.9. The highest BCUT2D eigenvalue weighted by atomic mass is 35.5. The molecule has 0 aliphatic heterocycles. The number of carbonyl (C=O) groups excluding carboxylic acids is 2. The molecule has 1 heterocycles. The normalized spacial score (nSPS) is 13.5. The first-order valence-electron chi connectivity index (χ1n) is 7.99. The molecule has 1 aliphatic carbocycles. The minimum Gasteiger partial charge on any atom is -0.306 e. The molecule has 3 rings (SSSR count). The highest BCUT2D eigenvalue weighted by molar-refractivity contribution is 7.99. The number of hydrazine groups is 1. The fraction of sp³-hybridized carbons (Fsp3) is 0.375. The second kappa shape index (κ2) is 7.88. The third-order valence-electron chi connectivity index (χ3n) is 3.76. The Kier molecular flexibility index (Phi) is 5.60. The molecule has 25 heavy (non-hydrogen) atoms. The summed E-state index contributed by atoms with van der Waals surface area (Å²) in [6, 6.07) is 6.40. The van der Waals surface area contributed by atoms with Gasteiger partial charge in [0.2, 0.25) is 5.91 Å². The quantitative estimate of drug-likeness (QED) is 0.594. The van der Waals surface area contributed by atoms with Crippen molar-refractivity contribution in [1.82, 2.24) is 25.6 Å². The van der Waals surface area contributed by atoms with E-state index in [-0.39, 0.29) is 11.7 Å². The van der Waals surface area contributed by atoms with Crippen molar-refractivity contribution in [1.29, 1.82) is 0 Å². The van der Waals surface area contributed by atoms with Crippen LogP contribution in [0.15, 0.2) is 29.4 Å². The van der Waals surface area contributed by atoms with Crippen LogP contribution in [0.2, 0.25) is 5.02 Å². The Labute approximate surface area is 154 Å². The van der Waals surface area contributed by atoms with Gasteiger partial charge < -0.3 is 4.57 Å². The van der Waals surface area contributed by atoms with Crippen LogP contribution in [-0.4, -0.2) is 32.3 Å². The molecule has 2 N–H and O–H groups in total. The van der Waals surface area contributed by atoms with E-state index in [1.807, 2.05) is 11.5 Å². The number of amides is 2. The maximum atomic E-state index is 11.9. The van der Waals surface area contributed by atoms with Crippen LogP contribution in [0.3, 0.4) is 0 Å². The highest BCUT2D eigenvalue weighted by Crippen LogP contribution is 2.39. The van der Waals surface area contributed by atoms with Gasteiger partial charge in [-0.1, -0.05) is 23.4 Å².